The number of hydrogen-bond acceptors (Lipinski definition) is 3. The first-order chi connectivity index (χ1) is 9.66. The molecule has 2 aliphatic rings. The van der Waals surface area contributed by atoms with Crippen LogP contribution in [0.3, 0.4) is 0 Å². The number of carboxylic acids is 1. The predicted molar refractivity (Wildman–Crippen MR) is 72.0 cm³/mol. The molecular formula is C15H17NO4. The summed E-state index contributed by atoms with van der Waals surface area (Å²) >= 11 is 0. The molecule has 1 N–H and O–H groups in total. The van der Waals surface area contributed by atoms with E-state index < -0.39 is 12.0 Å². The summed E-state index contributed by atoms with van der Waals surface area (Å²) in [5.74, 6) is -0.274. The highest BCUT2D eigenvalue weighted by molar-refractivity contribution is 5.97. The average Bonchev–Trinajstić information content (AvgIpc) is 2.93. The van der Waals surface area contributed by atoms with Crippen molar-refractivity contribution in [1.82, 2.24) is 4.90 Å². The molecule has 0 aromatic heterocycles. The molecule has 1 saturated heterocycles. The predicted octanol–water partition coefficient (Wildman–Crippen LogP) is 1.70. The zero-order valence-electron chi connectivity index (χ0n) is 11.2. The van der Waals surface area contributed by atoms with Crippen molar-refractivity contribution in [3.63, 3.8) is 0 Å². The molecule has 5 heteroatoms. The Morgan fingerprint density at radius 3 is 2.95 bits per heavy atom. The highest BCUT2D eigenvalue weighted by Crippen LogP contribution is 2.27. The number of rotatable bonds is 2. The lowest BCUT2D eigenvalue weighted by molar-refractivity contribution is -0.143. The van der Waals surface area contributed by atoms with E-state index in [1.807, 2.05) is 6.07 Å². The summed E-state index contributed by atoms with van der Waals surface area (Å²) in [4.78, 5) is 25.3. The lowest BCUT2D eigenvalue weighted by atomic mass is 10.00. The topological polar surface area (TPSA) is 66.8 Å². The summed E-state index contributed by atoms with van der Waals surface area (Å²) in [6.45, 7) is 1.16. The second-order valence-corrected chi connectivity index (χ2v) is 5.27. The van der Waals surface area contributed by atoms with Crippen LogP contribution in [-0.4, -0.2) is 41.1 Å². The molecule has 3 rings (SSSR count). The molecule has 0 saturated carbocycles. The van der Waals surface area contributed by atoms with Crippen LogP contribution in [0.25, 0.3) is 0 Å². The molecule has 0 aliphatic carbocycles. The minimum Gasteiger partial charge on any atom is -0.493 e. The van der Waals surface area contributed by atoms with Crippen LogP contribution in [0.5, 0.6) is 5.75 Å². The van der Waals surface area contributed by atoms with Gasteiger partial charge in [0.1, 0.15) is 11.8 Å². The molecule has 2 aliphatic heterocycles. The molecule has 2 heterocycles. The Morgan fingerprint density at radius 2 is 2.15 bits per heavy atom. The largest absolute Gasteiger partial charge is 0.493 e. The summed E-state index contributed by atoms with van der Waals surface area (Å²) in [7, 11) is 0. The van der Waals surface area contributed by atoms with E-state index in [0.29, 0.717) is 25.1 Å². The summed E-state index contributed by atoms with van der Waals surface area (Å²) in [5.41, 5.74) is 1.59. The number of piperidine rings is 1. The van der Waals surface area contributed by atoms with E-state index in [-0.39, 0.29) is 5.91 Å². The number of hydrogen-bond donors (Lipinski definition) is 1. The van der Waals surface area contributed by atoms with Gasteiger partial charge in [-0.3, -0.25) is 4.79 Å². The number of carboxylic acid groups (broad SMARTS) is 1. The number of amides is 1. The fourth-order valence-electron chi connectivity index (χ4n) is 2.92. The highest BCUT2D eigenvalue weighted by atomic mass is 16.5. The first-order valence-corrected chi connectivity index (χ1v) is 6.96. The summed E-state index contributed by atoms with van der Waals surface area (Å²) in [5, 5.41) is 9.25. The van der Waals surface area contributed by atoms with Crippen molar-refractivity contribution in [3.8, 4) is 5.75 Å². The molecule has 0 bridgehead atoms. The quantitative estimate of drug-likeness (QED) is 0.892. The fourth-order valence-corrected chi connectivity index (χ4v) is 2.92. The van der Waals surface area contributed by atoms with E-state index in [2.05, 4.69) is 0 Å². The monoisotopic (exact) mass is 275 g/mol. The minimum atomic E-state index is -0.914. The standard InChI is InChI=1S/C15H17NO4/c17-14(16-7-2-1-3-12(16)15(18)19)11-4-5-13-10(9-11)6-8-20-13/h4-5,9,12H,1-3,6-8H2,(H,18,19)/t12-/m1/s1. The van der Waals surface area contributed by atoms with Gasteiger partial charge in [-0.05, 0) is 43.0 Å². The third kappa shape index (κ3) is 2.24. The van der Waals surface area contributed by atoms with E-state index in [4.69, 9.17) is 4.74 Å². The van der Waals surface area contributed by atoms with Crippen molar-refractivity contribution in [3.05, 3.63) is 29.3 Å². The number of nitrogens with zero attached hydrogens (tertiary/aromatic N) is 1. The van der Waals surface area contributed by atoms with Crippen LogP contribution in [0.2, 0.25) is 0 Å². The number of aliphatic carboxylic acids is 1. The van der Waals surface area contributed by atoms with Gasteiger partial charge in [-0.1, -0.05) is 0 Å². The molecule has 0 radical (unpaired) electrons. The van der Waals surface area contributed by atoms with Crippen LogP contribution in [0.15, 0.2) is 18.2 Å². The van der Waals surface area contributed by atoms with Crippen molar-refractivity contribution >= 4 is 11.9 Å². The minimum absolute atomic E-state index is 0.188. The smallest absolute Gasteiger partial charge is 0.326 e. The van der Waals surface area contributed by atoms with Gasteiger partial charge in [-0.2, -0.15) is 0 Å². The number of ether oxygens (including phenoxy) is 1. The average molecular weight is 275 g/mol. The second kappa shape index (κ2) is 5.15. The molecule has 20 heavy (non-hydrogen) atoms. The molecule has 1 fully saturated rings. The van der Waals surface area contributed by atoms with E-state index in [1.54, 1.807) is 12.1 Å². The van der Waals surface area contributed by atoms with Crippen LogP contribution >= 0.6 is 0 Å². The van der Waals surface area contributed by atoms with Gasteiger partial charge in [0.2, 0.25) is 0 Å². The Labute approximate surface area is 117 Å². The third-order valence-electron chi connectivity index (χ3n) is 3.99. The fraction of sp³-hybridized carbons (Fsp3) is 0.467. The van der Waals surface area contributed by atoms with Crippen LogP contribution in [0.4, 0.5) is 0 Å². The van der Waals surface area contributed by atoms with Crippen molar-refractivity contribution in [2.75, 3.05) is 13.2 Å². The number of fused-ring (bicyclic) bond motifs is 1. The van der Waals surface area contributed by atoms with Gasteiger partial charge >= 0.3 is 5.97 Å². The maximum Gasteiger partial charge on any atom is 0.326 e. The maximum atomic E-state index is 12.5. The molecule has 5 nitrogen and oxygen atoms in total. The van der Waals surface area contributed by atoms with Crippen molar-refractivity contribution in [2.24, 2.45) is 0 Å². The first-order valence-electron chi connectivity index (χ1n) is 6.96. The lowest BCUT2D eigenvalue weighted by Gasteiger charge is -2.33. The van der Waals surface area contributed by atoms with Crippen LogP contribution in [0.1, 0.15) is 35.2 Å². The van der Waals surface area contributed by atoms with Crippen molar-refractivity contribution < 1.29 is 19.4 Å². The molecule has 1 atom stereocenters. The lowest BCUT2D eigenvalue weighted by Crippen LogP contribution is -2.48. The van der Waals surface area contributed by atoms with Crippen LogP contribution < -0.4 is 4.74 Å². The summed E-state index contributed by atoms with van der Waals surface area (Å²) in [6.07, 6.45) is 3.07. The Hall–Kier alpha value is -2.04. The summed E-state index contributed by atoms with van der Waals surface area (Å²) < 4.78 is 5.42. The molecule has 1 amide bonds. The van der Waals surface area contributed by atoms with Gasteiger partial charge in [-0.15, -0.1) is 0 Å². The second-order valence-electron chi connectivity index (χ2n) is 5.27. The number of carbonyl (C=O) groups excluding carboxylic acids is 1. The molecular weight excluding hydrogens is 258 g/mol. The Balaban J connectivity index is 1.85. The Morgan fingerprint density at radius 1 is 1.30 bits per heavy atom. The van der Waals surface area contributed by atoms with Gasteiger partial charge in [0, 0.05) is 18.5 Å². The number of likely N-dealkylation sites (tertiary alicyclic amines) is 1. The van der Waals surface area contributed by atoms with E-state index in [1.165, 1.54) is 4.90 Å². The van der Waals surface area contributed by atoms with Crippen LogP contribution in [-0.2, 0) is 11.2 Å². The zero-order valence-corrected chi connectivity index (χ0v) is 11.2. The van der Waals surface area contributed by atoms with E-state index in [0.717, 1.165) is 30.6 Å². The van der Waals surface area contributed by atoms with Gasteiger partial charge in [0.05, 0.1) is 6.61 Å². The molecule has 106 valence electrons. The number of carbonyl (C=O) groups is 2. The zero-order chi connectivity index (χ0) is 14.1. The molecule has 0 unspecified atom stereocenters. The van der Waals surface area contributed by atoms with Gasteiger partial charge in [0.25, 0.3) is 5.91 Å². The molecule has 1 aromatic rings. The van der Waals surface area contributed by atoms with Gasteiger partial charge in [-0.25, -0.2) is 4.79 Å². The normalized spacial score (nSPS) is 21.2. The van der Waals surface area contributed by atoms with Crippen molar-refractivity contribution in [2.45, 2.75) is 31.7 Å². The third-order valence-corrected chi connectivity index (χ3v) is 3.99. The molecule has 1 aromatic carbocycles. The van der Waals surface area contributed by atoms with E-state index in [9.17, 15) is 14.7 Å². The van der Waals surface area contributed by atoms with Gasteiger partial charge < -0.3 is 14.7 Å². The summed E-state index contributed by atoms with van der Waals surface area (Å²) in [6, 6.07) is 4.66. The number of benzene rings is 1. The van der Waals surface area contributed by atoms with Crippen LogP contribution in [0, 0.1) is 0 Å². The van der Waals surface area contributed by atoms with E-state index >= 15 is 0 Å². The first kappa shape index (κ1) is 13.0. The molecule has 0 spiro atoms. The maximum absolute atomic E-state index is 12.5. The highest BCUT2D eigenvalue weighted by Gasteiger charge is 2.32. The Bertz CT molecular complexity index is 555. The van der Waals surface area contributed by atoms with Crippen molar-refractivity contribution in [1.29, 1.82) is 0 Å². The SMILES string of the molecule is O=C(O)[C@H]1CCCCN1C(=O)c1ccc2c(c1)CCO2. The Kier molecular flexibility index (Phi) is 3.34. The van der Waals surface area contributed by atoms with Gasteiger partial charge in [0.15, 0.2) is 0 Å².